The zero-order valence-electron chi connectivity index (χ0n) is 9.75. The lowest BCUT2D eigenvalue weighted by Gasteiger charge is -2.04. The highest BCUT2D eigenvalue weighted by Crippen LogP contribution is 2.31. The summed E-state index contributed by atoms with van der Waals surface area (Å²) < 4.78 is 41.3. The summed E-state index contributed by atoms with van der Waals surface area (Å²) in [5.41, 5.74) is 0.589. The number of hydrogen-bond donors (Lipinski definition) is 1. The molecule has 0 bridgehead atoms. The number of aromatic nitrogens is 1. The second-order valence-electron chi connectivity index (χ2n) is 4.00. The third-order valence-electron chi connectivity index (χ3n) is 2.60. The summed E-state index contributed by atoms with van der Waals surface area (Å²) in [4.78, 5) is 4.25. The molecule has 0 aliphatic carbocycles. The first-order chi connectivity index (χ1) is 9.52. The quantitative estimate of drug-likeness (QED) is 0.635. The number of benzene rings is 2. The molecule has 3 rings (SSSR count). The molecule has 102 valence electrons. The van der Waals surface area contributed by atoms with Crippen LogP contribution in [0.2, 0.25) is 0 Å². The van der Waals surface area contributed by atoms with Crippen LogP contribution in [0.1, 0.15) is 0 Å². The number of nitrogens with one attached hydrogen (secondary N) is 1. The van der Waals surface area contributed by atoms with E-state index >= 15 is 0 Å². The number of hydrogen-bond acceptors (Lipinski definition) is 3. The first-order valence-corrected chi connectivity index (χ1v) is 7.11. The molecule has 0 radical (unpaired) electrons. The van der Waals surface area contributed by atoms with Gasteiger partial charge in [-0.25, -0.2) is 18.2 Å². The van der Waals surface area contributed by atoms with Crippen LogP contribution in [0.25, 0.3) is 10.2 Å². The summed E-state index contributed by atoms with van der Waals surface area (Å²) in [5.74, 6) is -3.21. The Labute approximate surface area is 124 Å². The van der Waals surface area contributed by atoms with Crippen molar-refractivity contribution in [2.24, 2.45) is 0 Å². The predicted molar refractivity (Wildman–Crippen MR) is 76.9 cm³/mol. The van der Waals surface area contributed by atoms with Gasteiger partial charge in [0.2, 0.25) is 0 Å². The molecule has 0 fully saturated rings. The van der Waals surface area contributed by atoms with Crippen LogP contribution < -0.4 is 5.32 Å². The molecule has 1 heterocycles. The smallest absolute Gasteiger partial charge is 0.188 e. The predicted octanol–water partition coefficient (Wildman–Crippen LogP) is 5.22. The van der Waals surface area contributed by atoms with Gasteiger partial charge in [-0.2, -0.15) is 0 Å². The molecule has 0 aliphatic rings. The van der Waals surface area contributed by atoms with E-state index in [0.717, 1.165) is 20.8 Å². The molecule has 1 N–H and O–H groups in total. The molecular formula is C13H6BrF3N2S. The van der Waals surface area contributed by atoms with Crippen LogP contribution in [0, 0.1) is 17.5 Å². The Balaban J connectivity index is 1.99. The Morgan fingerprint density at radius 1 is 1.00 bits per heavy atom. The molecular weight excluding hydrogens is 353 g/mol. The molecule has 0 aliphatic heterocycles. The molecule has 2 nitrogen and oxygen atoms in total. The monoisotopic (exact) mass is 358 g/mol. The van der Waals surface area contributed by atoms with Gasteiger partial charge in [-0.1, -0.05) is 27.3 Å². The van der Waals surface area contributed by atoms with Gasteiger partial charge in [0.1, 0.15) is 5.82 Å². The van der Waals surface area contributed by atoms with Crippen molar-refractivity contribution >= 4 is 48.3 Å². The third kappa shape index (κ3) is 2.51. The van der Waals surface area contributed by atoms with Gasteiger partial charge >= 0.3 is 0 Å². The molecule has 0 saturated heterocycles. The number of thiazole rings is 1. The van der Waals surface area contributed by atoms with Crippen LogP contribution in [-0.2, 0) is 0 Å². The first-order valence-electron chi connectivity index (χ1n) is 5.50. The highest BCUT2D eigenvalue weighted by molar-refractivity contribution is 9.10. The molecule has 0 unspecified atom stereocenters. The van der Waals surface area contributed by atoms with E-state index in [4.69, 9.17) is 0 Å². The largest absolute Gasteiger partial charge is 0.329 e. The second kappa shape index (κ2) is 5.06. The summed E-state index contributed by atoms with van der Waals surface area (Å²) in [6, 6.07) is 6.79. The minimum absolute atomic E-state index is 0.151. The average molecular weight is 359 g/mol. The van der Waals surface area contributed by atoms with Crippen molar-refractivity contribution in [1.29, 1.82) is 0 Å². The average Bonchev–Trinajstić information content (AvgIpc) is 2.77. The lowest BCUT2D eigenvalue weighted by Crippen LogP contribution is -1.96. The van der Waals surface area contributed by atoms with Crippen LogP contribution >= 0.6 is 27.3 Å². The number of halogens is 4. The van der Waals surface area contributed by atoms with E-state index in [-0.39, 0.29) is 5.69 Å². The summed E-state index contributed by atoms with van der Waals surface area (Å²) in [7, 11) is 0. The first kappa shape index (κ1) is 13.4. The van der Waals surface area contributed by atoms with Gasteiger partial charge in [-0.15, -0.1) is 0 Å². The maximum atomic E-state index is 13.5. The van der Waals surface area contributed by atoms with Crippen molar-refractivity contribution in [3.05, 3.63) is 52.3 Å². The van der Waals surface area contributed by atoms with Gasteiger partial charge in [0.15, 0.2) is 16.8 Å². The highest BCUT2D eigenvalue weighted by Gasteiger charge is 2.12. The van der Waals surface area contributed by atoms with Crippen molar-refractivity contribution in [1.82, 2.24) is 4.98 Å². The Kier molecular flexibility index (Phi) is 3.39. The topological polar surface area (TPSA) is 24.9 Å². The third-order valence-corrected chi connectivity index (χ3v) is 4.03. The lowest BCUT2D eigenvalue weighted by atomic mass is 10.3. The van der Waals surface area contributed by atoms with Crippen LogP contribution in [0.5, 0.6) is 0 Å². The summed E-state index contributed by atoms with van der Waals surface area (Å²) in [5, 5.41) is 3.07. The van der Waals surface area contributed by atoms with Gasteiger partial charge in [-0.3, -0.25) is 0 Å². The molecule has 3 aromatic rings. The second-order valence-corrected chi connectivity index (χ2v) is 5.95. The minimum Gasteiger partial charge on any atom is -0.329 e. The number of nitrogens with zero attached hydrogens (tertiary/aromatic N) is 1. The maximum Gasteiger partial charge on any atom is 0.188 e. The van der Waals surface area contributed by atoms with Crippen molar-refractivity contribution in [3.63, 3.8) is 0 Å². The Morgan fingerprint density at radius 3 is 2.55 bits per heavy atom. The van der Waals surface area contributed by atoms with Gasteiger partial charge in [0, 0.05) is 16.6 Å². The maximum absolute atomic E-state index is 13.5. The molecule has 0 atom stereocenters. The molecule has 0 saturated carbocycles. The Hall–Kier alpha value is -1.60. The van der Waals surface area contributed by atoms with Crippen molar-refractivity contribution < 1.29 is 13.2 Å². The molecule has 0 amide bonds. The van der Waals surface area contributed by atoms with E-state index in [1.807, 2.05) is 18.2 Å². The summed E-state index contributed by atoms with van der Waals surface area (Å²) >= 11 is 4.63. The van der Waals surface area contributed by atoms with Gasteiger partial charge in [0.25, 0.3) is 0 Å². The zero-order valence-corrected chi connectivity index (χ0v) is 12.2. The fourth-order valence-electron chi connectivity index (χ4n) is 1.69. The van der Waals surface area contributed by atoms with Crippen LogP contribution in [-0.4, -0.2) is 4.98 Å². The molecule has 2 aromatic carbocycles. The minimum atomic E-state index is -1.22. The van der Waals surface area contributed by atoms with Gasteiger partial charge in [-0.05, 0) is 18.2 Å². The van der Waals surface area contributed by atoms with E-state index in [0.29, 0.717) is 11.2 Å². The summed E-state index contributed by atoms with van der Waals surface area (Å²) in [6.45, 7) is 0. The van der Waals surface area contributed by atoms with E-state index in [9.17, 15) is 13.2 Å². The SMILES string of the molecule is Fc1cc(F)c(Nc2nc3ccc(Br)cc3s2)cc1F. The molecule has 0 spiro atoms. The molecule has 20 heavy (non-hydrogen) atoms. The lowest BCUT2D eigenvalue weighted by molar-refractivity contribution is 0.496. The highest BCUT2D eigenvalue weighted by atomic mass is 79.9. The van der Waals surface area contributed by atoms with E-state index in [1.54, 1.807) is 0 Å². The summed E-state index contributed by atoms with van der Waals surface area (Å²) in [6.07, 6.45) is 0. The van der Waals surface area contributed by atoms with E-state index in [1.165, 1.54) is 11.3 Å². The Bertz CT molecular complexity index is 804. The Morgan fingerprint density at radius 2 is 1.75 bits per heavy atom. The number of rotatable bonds is 2. The van der Waals surface area contributed by atoms with Crippen LogP contribution in [0.3, 0.4) is 0 Å². The van der Waals surface area contributed by atoms with Crippen molar-refractivity contribution in [2.45, 2.75) is 0 Å². The standard InChI is InChI=1S/C13H6BrF3N2S/c14-6-1-2-10-12(3-6)20-13(18-10)19-11-5-8(16)7(15)4-9(11)17/h1-5H,(H,18,19). The van der Waals surface area contributed by atoms with Crippen LogP contribution in [0.4, 0.5) is 24.0 Å². The molecule has 1 aromatic heterocycles. The fraction of sp³-hybridized carbons (Fsp3) is 0. The fourth-order valence-corrected chi connectivity index (χ4v) is 3.12. The van der Waals surface area contributed by atoms with Gasteiger partial charge in [0.05, 0.1) is 15.9 Å². The van der Waals surface area contributed by atoms with Crippen molar-refractivity contribution in [3.8, 4) is 0 Å². The van der Waals surface area contributed by atoms with E-state index in [2.05, 4.69) is 26.2 Å². The van der Waals surface area contributed by atoms with Crippen molar-refractivity contribution in [2.75, 3.05) is 5.32 Å². The van der Waals surface area contributed by atoms with E-state index < -0.39 is 17.5 Å². The van der Waals surface area contributed by atoms with Gasteiger partial charge < -0.3 is 5.32 Å². The normalized spacial score (nSPS) is 11.0. The molecule has 7 heteroatoms. The zero-order chi connectivity index (χ0) is 14.3. The number of fused-ring (bicyclic) bond motifs is 1. The van der Waals surface area contributed by atoms with Crippen LogP contribution in [0.15, 0.2) is 34.8 Å². The number of anilines is 2.